The molecular weight excluding hydrogens is 302 g/mol. The number of nitrogens with zero attached hydrogens (tertiary/aromatic N) is 3. The van der Waals surface area contributed by atoms with E-state index < -0.39 is 11.7 Å². The van der Waals surface area contributed by atoms with Gasteiger partial charge in [0.2, 0.25) is 5.91 Å². The van der Waals surface area contributed by atoms with Crippen LogP contribution in [0.3, 0.4) is 0 Å². The van der Waals surface area contributed by atoms with Crippen molar-refractivity contribution in [1.29, 1.82) is 0 Å². The molecule has 1 aliphatic heterocycles. The molecule has 1 aliphatic rings. The summed E-state index contributed by atoms with van der Waals surface area (Å²) in [6.45, 7) is 8.39. The molecular formula is C15H21N3O3S. The summed E-state index contributed by atoms with van der Waals surface area (Å²) in [5.41, 5.74) is 0.353. The summed E-state index contributed by atoms with van der Waals surface area (Å²) >= 11 is 1.48. The van der Waals surface area contributed by atoms with Crippen LogP contribution in [0.15, 0.2) is 23.2 Å². The van der Waals surface area contributed by atoms with Crippen LogP contribution in [0.4, 0.5) is 4.79 Å². The first kappa shape index (κ1) is 16.8. The number of ether oxygens (including phenoxy) is 1. The second-order valence-corrected chi connectivity index (χ2v) is 7.29. The number of amides is 2. The van der Waals surface area contributed by atoms with Crippen molar-refractivity contribution in [3.8, 4) is 0 Å². The molecule has 22 heavy (non-hydrogen) atoms. The van der Waals surface area contributed by atoms with E-state index in [1.807, 2.05) is 23.4 Å². The van der Waals surface area contributed by atoms with Crippen LogP contribution in [0, 0.1) is 6.92 Å². The Morgan fingerprint density at radius 3 is 2.59 bits per heavy atom. The second kappa shape index (κ2) is 6.66. The third-order valence-electron chi connectivity index (χ3n) is 2.92. The fourth-order valence-corrected chi connectivity index (χ4v) is 2.77. The molecule has 0 bridgehead atoms. The molecule has 1 aromatic heterocycles. The lowest BCUT2D eigenvalue weighted by molar-refractivity contribution is -0.132. The van der Waals surface area contributed by atoms with Crippen molar-refractivity contribution in [1.82, 2.24) is 14.2 Å². The number of piperazine rings is 1. The highest BCUT2D eigenvalue weighted by molar-refractivity contribution is 7.97. The number of aromatic nitrogens is 1. The number of pyridine rings is 1. The average molecular weight is 323 g/mol. The van der Waals surface area contributed by atoms with Crippen molar-refractivity contribution >= 4 is 23.9 Å². The van der Waals surface area contributed by atoms with Gasteiger partial charge in [0.15, 0.2) is 0 Å². The van der Waals surface area contributed by atoms with Gasteiger partial charge >= 0.3 is 6.09 Å². The summed E-state index contributed by atoms with van der Waals surface area (Å²) in [5.74, 6) is -0.243. The van der Waals surface area contributed by atoms with E-state index in [1.165, 1.54) is 16.8 Å². The maximum Gasteiger partial charge on any atom is 0.417 e. The standard InChI is InChI=1S/C15H21N3O3S/c1-11-5-6-12(9-16-11)22-17-7-8-18(13(19)10-17)14(20)21-15(2,3)4/h5-6,9H,7-8,10H2,1-4H3. The van der Waals surface area contributed by atoms with Gasteiger partial charge in [0.1, 0.15) is 5.60 Å². The summed E-state index contributed by atoms with van der Waals surface area (Å²) in [5, 5.41) is 0. The summed E-state index contributed by atoms with van der Waals surface area (Å²) in [6, 6.07) is 3.90. The summed E-state index contributed by atoms with van der Waals surface area (Å²) in [7, 11) is 0. The average Bonchev–Trinajstić information content (AvgIpc) is 2.39. The highest BCUT2D eigenvalue weighted by atomic mass is 32.2. The van der Waals surface area contributed by atoms with E-state index in [0.29, 0.717) is 13.1 Å². The van der Waals surface area contributed by atoms with Gasteiger partial charge in [-0.25, -0.2) is 14.0 Å². The number of imide groups is 1. The Morgan fingerprint density at radius 1 is 1.32 bits per heavy atom. The fourth-order valence-electron chi connectivity index (χ4n) is 1.90. The molecule has 0 atom stereocenters. The minimum atomic E-state index is -0.600. The molecule has 6 nitrogen and oxygen atoms in total. The number of carbonyl (C=O) groups is 2. The van der Waals surface area contributed by atoms with Crippen LogP contribution in [0.25, 0.3) is 0 Å². The van der Waals surface area contributed by atoms with E-state index in [4.69, 9.17) is 4.74 Å². The van der Waals surface area contributed by atoms with Crippen LogP contribution >= 0.6 is 11.9 Å². The lowest BCUT2D eigenvalue weighted by Crippen LogP contribution is -2.51. The molecule has 2 amide bonds. The van der Waals surface area contributed by atoms with E-state index in [-0.39, 0.29) is 12.5 Å². The van der Waals surface area contributed by atoms with E-state index in [1.54, 1.807) is 27.0 Å². The highest BCUT2D eigenvalue weighted by Crippen LogP contribution is 2.24. The predicted octanol–water partition coefficient (Wildman–Crippen LogP) is 2.48. The van der Waals surface area contributed by atoms with Crippen LogP contribution in [-0.2, 0) is 9.53 Å². The van der Waals surface area contributed by atoms with E-state index in [0.717, 1.165) is 10.6 Å². The minimum Gasteiger partial charge on any atom is -0.443 e. The molecule has 0 spiro atoms. The summed E-state index contributed by atoms with van der Waals surface area (Å²) in [6.07, 6.45) is 1.21. The van der Waals surface area contributed by atoms with E-state index in [9.17, 15) is 9.59 Å². The molecule has 7 heteroatoms. The van der Waals surface area contributed by atoms with Gasteiger partial charge < -0.3 is 4.74 Å². The molecule has 1 aromatic rings. The Kier molecular flexibility index (Phi) is 5.08. The van der Waals surface area contributed by atoms with Gasteiger partial charge in [-0.15, -0.1) is 0 Å². The van der Waals surface area contributed by atoms with Gasteiger partial charge in [-0.05, 0) is 51.8 Å². The first-order chi connectivity index (χ1) is 10.2. The molecule has 0 saturated carbocycles. The van der Waals surface area contributed by atoms with Crippen molar-refractivity contribution in [3.05, 3.63) is 24.0 Å². The predicted molar refractivity (Wildman–Crippen MR) is 84.4 cm³/mol. The molecule has 1 saturated heterocycles. The molecule has 0 aliphatic carbocycles. The number of rotatable bonds is 2. The Balaban J connectivity index is 1.91. The third kappa shape index (κ3) is 4.71. The van der Waals surface area contributed by atoms with Gasteiger partial charge in [-0.2, -0.15) is 0 Å². The van der Waals surface area contributed by atoms with Crippen LogP contribution in [-0.4, -0.2) is 51.4 Å². The van der Waals surface area contributed by atoms with Gasteiger partial charge in [0.25, 0.3) is 0 Å². The van der Waals surface area contributed by atoms with Crippen molar-refractivity contribution in [2.24, 2.45) is 0 Å². The Hall–Kier alpha value is -1.60. The van der Waals surface area contributed by atoms with E-state index >= 15 is 0 Å². The highest BCUT2D eigenvalue weighted by Gasteiger charge is 2.32. The zero-order valence-electron chi connectivity index (χ0n) is 13.3. The first-order valence-electron chi connectivity index (χ1n) is 7.13. The fraction of sp³-hybridized carbons (Fsp3) is 0.533. The summed E-state index contributed by atoms with van der Waals surface area (Å²) < 4.78 is 7.17. The number of hydrogen-bond acceptors (Lipinski definition) is 6. The Bertz CT molecular complexity index is 554. The molecule has 0 N–H and O–H groups in total. The number of carbonyl (C=O) groups excluding carboxylic acids is 2. The SMILES string of the molecule is Cc1ccc(SN2CCN(C(=O)OC(C)(C)C)C(=O)C2)cn1. The van der Waals surface area contributed by atoms with Gasteiger partial charge in [0, 0.05) is 29.9 Å². The molecule has 2 heterocycles. The number of hydrogen-bond donors (Lipinski definition) is 0. The van der Waals surface area contributed by atoms with Crippen LogP contribution < -0.4 is 0 Å². The molecule has 0 unspecified atom stereocenters. The van der Waals surface area contributed by atoms with Crippen molar-refractivity contribution in [3.63, 3.8) is 0 Å². The lowest BCUT2D eigenvalue weighted by Gasteiger charge is -2.33. The smallest absolute Gasteiger partial charge is 0.417 e. The molecule has 120 valence electrons. The zero-order valence-corrected chi connectivity index (χ0v) is 14.1. The topological polar surface area (TPSA) is 62.7 Å². The largest absolute Gasteiger partial charge is 0.443 e. The molecule has 2 rings (SSSR count). The van der Waals surface area contributed by atoms with E-state index in [2.05, 4.69) is 4.98 Å². The quantitative estimate of drug-likeness (QED) is 0.779. The Morgan fingerprint density at radius 2 is 2.05 bits per heavy atom. The van der Waals surface area contributed by atoms with Crippen LogP contribution in [0.1, 0.15) is 26.5 Å². The van der Waals surface area contributed by atoms with Gasteiger partial charge in [-0.3, -0.25) is 9.78 Å². The number of aryl methyl sites for hydroxylation is 1. The maximum atomic E-state index is 12.1. The summed E-state index contributed by atoms with van der Waals surface area (Å²) in [4.78, 5) is 30.5. The lowest BCUT2D eigenvalue weighted by atomic mass is 10.2. The Labute approximate surface area is 135 Å². The first-order valence-corrected chi connectivity index (χ1v) is 7.91. The zero-order chi connectivity index (χ0) is 16.3. The normalized spacial score (nSPS) is 16.7. The van der Waals surface area contributed by atoms with Crippen LogP contribution in [0.2, 0.25) is 0 Å². The van der Waals surface area contributed by atoms with Crippen LogP contribution in [0.5, 0.6) is 0 Å². The van der Waals surface area contributed by atoms with Crippen molar-refractivity contribution < 1.29 is 14.3 Å². The second-order valence-electron chi connectivity index (χ2n) is 6.12. The molecule has 1 fully saturated rings. The molecule has 0 radical (unpaired) electrons. The third-order valence-corrected chi connectivity index (χ3v) is 3.94. The minimum absolute atomic E-state index is 0.178. The van der Waals surface area contributed by atoms with Crippen molar-refractivity contribution in [2.45, 2.75) is 38.2 Å². The monoisotopic (exact) mass is 323 g/mol. The maximum absolute atomic E-state index is 12.1. The van der Waals surface area contributed by atoms with Gasteiger partial charge in [-0.1, -0.05) is 0 Å². The molecule has 0 aromatic carbocycles. The van der Waals surface area contributed by atoms with Gasteiger partial charge in [0.05, 0.1) is 6.54 Å². The van der Waals surface area contributed by atoms with Crippen molar-refractivity contribution in [2.75, 3.05) is 19.6 Å².